The number of fused-ring (bicyclic) bond motifs is 1. The summed E-state index contributed by atoms with van der Waals surface area (Å²) in [5, 5.41) is 8.67. The second-order valence-electron chi connectivity index (χ2n) is 7.16. The maximum Gasteiger partial charge on any atom is 0.220 e. The molecular weight excluding hydrogens is 463 g/mol. The van der Waals surface area contributed by atoms with Gasteiger partial charge in [-0.3, -0.25) is 4.79 Å². The molecule has 1 aliphatic heterocycles. The summed E-state index contributed by atoms with van der Waals surface area (Å²) in [5.74, 6) is 1.60. The number of benzene rings is 2. The summed E-state index contributed by atoms with van der Waals surface area (Å²) >= 11 is 0. The summed E-state index contributed by atoms with van der Waals surface area (Å²) in [6.45, 7) is 5.53. The minimum atomic E-state index is 0. The summed E-state index contributed by atoms with van der Waals surface area (Å²) < 4.78 is 0. The molecule has 1 amide bonds. The second kappa shape index (κ2) is 11.2. The number of carbonyl (C=O) groups excluding carboxylic acids is 1. The van der Waals surface area contributed by atoms with E-state index in [0.29, 0.717) is 18.9 Å². The smallest absolute Gasteiger partial charge is 0.220 e. The molecule has 6 heteroatoms. The zero-order chi connectivity index (χ0) is 19.1. The highest BCUT2D eigenvalue weighted by Crippen LogP contribution is 2.21. The van der Waals surface area contributed by atoms with Gasteiger partial charge in [-0.25, -0.2) is 4.99 Å². The number of carbonyl (C=O) groups is 1. The van der Waals surface area contributed by atoms with Gasteiger partial charge in [0.2, 0.25) is 5.91 Å². The van der Waals surface area contributed by atoms with Gasteiger partial charge < -0.3 is 15.5 Å². The summed E-state index contributed by atoms with van der Waals surface area (Å²) in [6.07, 6.45) is 2.71. The molecule has 3 rings (SSSR count). The molecule has 0 bridgehead atoms. The predicted molar refractivity (Wildman–Crippen MR) is 127 cm³/mol. The lowest BCUT2D eigenvalue weighted by Gasteiger charge is -2.34. The van der Waals surface area contributed by atoms with Gasteiger partial charge in [-0.1, -0.05) is 36.4 Å². The van der Waals surface area contributed by atoms with E-state index in [4.69, 9.17) is 4.99 Å². The number of nitrogens with zero attached hydrogens (tertiary/aromatic N) is 2. The highest BCUT2D eigenvalue weighted by Gasteiger charge is 2.23. The molecule has 0 aromatic heterocycles. The van der Waals surface area contributed by atoms with Crippen LogP contribution in [0.2, 0.25) is 0 Å². The Bertz CT molecular complexity index is 800. The van der Waals surface area contributed by atoms with Crippen LogP contribution in [-0.4, -0.2) is 43.4 Å². The van der Waals surface area contributed by atoms with Gasteiger partial charge in [0.15, 0.2) is 5.96 Å². The normalized spacial score (nSPS) is 15.2. The highest BCUT2D eigenvalue weighted by molar-refractivity contribution is 14.0. The number of rotatable bonds is 5. The number of likely N-dealkylation sites (tertiary alicyclic amines) is 1. The number of nitrogens with one attached hydrogen (secondary N) is 2. The SMILES string of the molecule is CCNC(=NCc1ccc2ccccc2c1)N1CCC(CC(=O)NC)CC1.I. The number of hydrogen-bond donors (Lipinski definition) is 2. The van der Waals surface area contributed by atoms with Crippen LogP contribution in [0, 0.1) is 5.92 Å². The fraction of sp³-hybridized carbons (Fsp3) is 0.455. The lowest BCUT2D eigenvalue weighted by atomic mass is 9.93. The van der Waals surface area contributed by atoms with E-state index >= 15 is 0 Å². The first kappa shape index (κ1) is 22.5. The van der Waals surface area contributed by atoms with Crippen LogP contribution in [-0.2, 0) is 11.3 Å². The van der Waals surface area contributed by atoms with Gasteiger partial charge in [-0.05, 0) is 48.1 Å². The van der Waals surface area contributed by atoms with Gasteiger partial charge in [0.1, 0.15) is 0 Å². The third-order valence-electron chi connectivity index (χ3n) is 5.23. The number of hydrogen-bond acceptors (Lipinski definition) is 2. The molecule has 5 nitrogen and oxygen atoms in total. The maximum absolute atomic E-state index is 11.6. The molecule has 2 N–H and O–H groups in total. The molecule has 0 radical (unpaired) electrons. The fourth-order valence-electron chi connectivity index (χ4n) is 3.64. The molecule has 1 aliphatic rings. The van der Waals surface area contributed by atoms with Crippen LogP contribution >= 0.6 is 24.0 Å². The molecule has 1 heterocycles. The number of amides is 1. The van der Waals surface area contributed by atoms with Crippen molar-refractivity contribution in [2.75, 3.05) is 26.7 Å². The van der Waals surface area contributed by atoms with Crippen LogP contribution < -0.4 is 10.6 Å². The molecule has 1 saturated heterocycles. The molecular formula is C22H31IN4O. The van der Waals surface area contributed by atoms with E-state index in [0.717, 1.165) is 38.4 Å². The Kier molecular flexibility index (Phi) is 9.02. The van der Waals surface area contributed by atoms with Crippen molar-refractivity contribution in [2.45, 2.75) is 32.7 Å². The fourth-order valence-corrected chi connectivity index (χ4v) is 3.64. The van der Waals surface area contributed by atoms with E-state index in [1.54, 1.807) is 7.05 Å². The van der Waals surface area contributed by atoms with Crippen LogP contribution in [0.5, 0.6) is 0 Å². The topological polar surface area (TPSA) is 56.7 Å². The Morgan fingerprint density at radius 2 is 1.86 bits per heavy atom. The average Bonchev–Trinajstić information content (AvgIpc) is 2.71. The van der Waals surface area contributed by atoms with Gasteiger partial charge in [0.05, 0.1) is 6.54 Å². The average molecular weight is 494 g/mol. The standard InChI is InChI=1S/C22H30N4O.HI/c1-3-24-22(26-12-10-17(11-13-26)15-21(27)23-2)25-16-18-8-9-19-6-4-5-7-20(19)14-18;/h4-9,14,17H,3,10-13,15-16H2,1-2H3,(H,23,27)(H,24,25);1H. The molecule has 0 saturated carbocycles. The van der Waals surface area contributed by atoms with Crippen molar-refractivity contribution >= 4 is 46.6 Å². The molecule has 152 valence electrons. The number of aliphatic imine (C=N–C) groups is 1. The van der Waals surface area contributed by atoms with Gasteiger partial charge in [-0.2, -0.15) is 0 Å². The largest absolute Gasteiger partial charge is 0.359 e. The molecule has 28 heavy (non-hydrogen) atoms. The molecule has 2 aromatic carbocycles. The van der Waals surface area contributed by atoms with Crippen molar-refractivity contribution in [1.82, 2.24) is 15.5 Å². The van der Waals surface area contributed by atoms with Gasteiger partial charge in [0, 0.05) is 33.1 Å². The zero-order valence-electron chi connectivity index (χ0n) is 16.8. The first-order valence-corrected chi connectivity index (χ1v) is 9.91. The van der Waals surface area contributed by atoms with Crippen LogP contribution in [0.25, 0.3) is 10.8 Å². The van der Waals surface area contributed by atoms with E-state index in [1.807, 2.05) is 0 Å². The highest BCUT2D eigenvalue weighted by atomic mass is 127. The summed E-state index contributed by atoms with van der Waals surface area (Å²) in [6, 6.07) is 15.0. The van der Waals surface area contributed by atoms with E-state index in [9.17, 15) is 4.79 Å². The third kappa shape index (κ3) is 6.09. The van der Waals surface area contributed by atoms with E-state index in [1.165, 1.54) is 16.3 Å². The molecule has 1 fully saturated rings. The Hall–Kier alpha value is -1.83. The van der Waals surface area contributed by atoms with Crippen LogP contribution in [0.3, 0.4) is 0 Å². The lowest BCUT2D eigenvalue weighted by Crippen LogP contribution is -2.46. The van der Waals surface area contributed by atoms with Crippen molar-refractivity contribution in [1.29, 1.82) is 0 Å². The first-order valence-electron chi connectivity index (χ1n) is 9.91. The van der Waals surface area contributed by atoms with E-state index in [2.05, 4.69) is 64.9 Å². The molecule has 0 spiro atoms. The van der Waals surface area contributed by atoms with Crippen molar-refractivity contribution in [3.8, 4) is 0 Å². The lowest BCUT2D eigenvalue weighted by molar-refractivity contribution is -0.121. The van der Waals surface area contributed by atoms with Gasteiger partial charge in [0.25, 0.3) is 0 Å². The Labute approximate surface area is 185 Å². The molecule has 0 aliphatic carbocycles. The third-order valence-corrected chi connectivity index (χ3v) is 5.23. The number of guanidine groups is 1. The summed E-state index contributed by atoms with van der Waals surface area (Å²) in [4.78, 5) is 18.8. The quantitative estimate of drug-likeness (QED) is 0.378. The molecule has 0 atom stereocenters. The van der Waals surface area contributed by atoms with Crippen molar-refractivity contribution < 1.29 is 4.79 Å². The van der Waals surface area contributed by atoms with Crippen LogP contribution in [0.15, 0.2) is 47.5 Å². The van der Waals surface area contributed by atoms with Crippen LogP contribution in [0.4, 0.5) is 0 Å². The Morgan fingerprint density at radius 3 is 2.54 bits per heavy atom. The minimum absolute atomic E-state index is 0. The predicted octanol–water partition coefficient (Wildman–Crippen LogP) is 3.77. The number of piperidine rings is 1. The first-order chi connectivity index (χ1) is 13.2. The number of halogens is 1. The van der Waals surface area contributed by atoms with Crippen molar-refractivity contribution in [3.05, 3.63) is 48.0 Å². The zero-order valence-corrected chi connectivity index (χ0v) is 19.1. The van der Waals surface area contributed by atoms with Gasteiger partial charge >= 0.3 is 0 Å². The van der Waals surface area contributed by atoms with Crippen LogP contribution in [0.1, 0.15) is 31.7 Å². The summed E-state index contributed by atoms with van der Waals surface area (Å²) in [7, 11) is 1.71. The maximum atomic E-state index is 11.6. The summed E-state index contributed by atoms with van der Waals surface area (Å²) in [5.41, 5.74) is 1.22. The monoisotopic (exact) mass is 494 g/mol. The van der Waals surface area contributed by atoms with Crippen molar-refractivity contribution in [3.63, 3.8) is 0 Å². The Balaban J connectivity index is 0.00000280. The van der Waals surface area contributed by atoms with E-state index in [-0.39, 0.29) is 29.9 Å². The van der Waals surface area contributed by atoms with Gasteiger partial charge in [-0.15, -0.1) is 24.0 Å². The second-order valence-corrected chi connectivity index (χ2v) is 7.16. The Morgan fingerprint density at radius 1 is 1.14 bits per heavy atom. The van der Waals surface area contributed by atoms with Crippen molar-refractivity contribution in [2.24, 2.45) is 10.9 Å². The van der Waals surface area contributed by atoms with E-state index < -0.39 is 0 Å². The molecule has 2 aromatic rings. The minimum Gasteiger partial charge on any atom is -0.359 e. The molecule has 0 unspecified atom stereocenters.